The maximum atomic E-state index is 14.4. The number of phenols is 2. The zero-order valence-electron chi connectivity index (χ0n) is 45.4. The predicted molar refractivity (Wildman–Crippen MR) is 282 cm³/mol. The molecule has 0 aliphatic heterocycles. The van der Waals surface area contributed by atoms with Crippen molar-refractivity contribution >= 4 is 71.1 Å². The Bertz CT molecular complexity index is 2490. The number of carboxylic acids is 3. The molecule has 0 radical (unpaired) electrons. The third-order valence-electron chi connectivity index (χ3n) is 12.2. The molecule has 0 spiro atoms. The Morgan fingerprint density at radius 2 is 0.772 bits per heavy atom. The van der Waals surface area contributed by atoms with Crippen molar-refractivity contribution in [3.05, 3.63) is 59.7 Å². The van der Waals surface area contributed by atoms with E-state index < -0.39 is 163 Å². The summed E-state index contributed by atoms with van der Waals surface area (Å²) in [6.45, 7) is 12.8. The highest BCUT2D eigenvalue weighted by atomic mass is 16.4. The van der Waals surface area contributed by atoms with Crippen molar-refractivity contribution < 1.29 is 83.1 Å². The van der Waals surface area contributed by atoms with Crippen LogP contribution in [-0.2, 0) is 70.4 Å². The fourth-order valence-electron chi connectivity index (χ4n) is 7.66. The monoisotopic (exact) mass is 1110 g/mol. The number of nitrogens with one attached hydrogen (secondary N) is 8. The van der Waals surface area contributed by atoms with Gasteiger partial charge in [-0.25, -0.2) is 4.79 Å². The van der Waals surface area contributed by atoms with Crippen LogP contribution in [0.2, 0.25) is 0 Å². The van der Waals surface area contributed by atoms with Gasteiger partial charge in [-0.2, -0.15) is 0 Å². The van der Waals surface area contributed by atoms with Gasteiger partial charge in [0, 0.05) is 19.3 Å². The molecule has 9 amide bonds. The maximum absolute atomic E-state index is 14.4. The van der Waals surface area contributed by atoms with Crippen LogP contribution in [0, 0.1) is 23.7 Å². The van der Waals surface area contributed by atoms with Gasteiger partial charge in [0.2, 0.25) is 53.2 Å². The van der Waals surface area contributed by atoms with Crippen molar-refractivity contribution in [3.8, 4) is 11.5 Å². The summed E-state index contributed by atoms with van der Waals surface area (Å²) in [6, 6.07) is -3.15. The van der Waals surface area contributed by atoms with Gasteiger partial charge in [0.15, 0.2) is 0 Å². The summed E-state index contributed by atoms with van der Waals surface area (Å²) >= 11 is 0. The van der Waals surface area contributed by atoms with Gasteiger partial charge in [-0.05, 0) is 71.9 Å². The molecule has 0 heterocycles. The van der Waals surface area contributed by atoms with Crippen molar-refractivity contribution in [2.45, 2.75) is 155 Å². The van der Waals surface area contributed by atoms with Crippen molar-refractivity contribution in [1.82, 2.24) is 42.5 Å². The number of carbonyl (C=O) groups is 12. The van der Waals surface area contributed by atoms with E-state index >= 15 is 0 Å². The fraction of sp³-hybridized carbons (Fsp3) is 0.538. The normalized spacial score (nSPS) is 14.6. The number of primary amides is 1. The number of hydrogen-bond donors (Lipinski definition) is 15. The van der Waals surface area contributed by atoms with Crippen LogP contribution in [0.25, 0.3) is 0 Å². The molecule has 0 saturated heterocycles. The lowest BCUT2D eigenvalue weighted by atomic mass is 9.99. The Morgan fingerprint density at radius 1 is 0.430 bits per heavy atom. The van der Waals surface area contributed by atoms with Gasteiger partial charge in [-0.1, -0.05) is 79.7 Å². The van der Waals surface area contributed by atoms with E-state index in [1.807, 2.05) is 0 Å². The molecule has 2 aromatic carbocycles. The molecule has 0 aliphatic rings. The first kappa shape index (κ1) is 66.8. The number of phenolic OH excluding ortho intramolecular Hbond substituents is 2. The first-order chi connectivity index (χ1) is 36.8. The number of carboxylic acid groups (broad SMARTS) is 3. The predicted octanol–water partition coefficient (Wildman–Crippen LogP) is -1.60. The maximum Gasteiger partial charge on any atom is 0.326 e. The highest BCUT2D eigenvalue weighted by Gasteiger charge is 2.37. The second kappa shape index (κ2) is 31.8. The average Bonchev–Trinajstić information content (AvgIpc) is 3.34. The summed E-state index contributed by atoms with van der Waals surface area (Å²) < 4.78 is 0. The topological polar surface area (TPSA) is 454 Å². The Morgan fingerprint density at radius 3 is 1.16 bits per heavy atom. The van der Waals surface area contributed by atoms with Crippen molar-refractivity contribution in [2.75, 3.05) is 0 Å². The standard InChI is InChI=1S/C52H76N10O17/c1-24(2)19-33(59-50(76)41(54)25(3)4)45(71)57-34(20-28-9-13-30(63)14-10-28)46(72)55-32(17-18-38(53)65)44(70)56-35(21-29-11-15-31(64)16-12-29)48(74)61-42(26(5)6)51(77)60-36(22-39(66)67)47(73)58-37(23-40(68)69)49(75)62-43(27(7)8)52(78)79/h9-16,24-27,32-37,41-43,63-64H,17-23,54H2,1-8H3,(H2,53,65)(H,55,72)(H,56,70)(H,57,71)(H,58,73)(H,59,76)(H,60,77)(H,61,74)(H,62,75)(H,66,67)(H,68,69)(H,78,79). The summed E-state index contributed by atoms with van der Waals surface area (Å²) in [5.74, 6) is -16.2. The molecule has 0 saturated carbocycles. The molecule has 0 bridgehead atoms. The summed E-state index contributed by atoms with van der Waals surface area (Å²) in [5.41, 5.74) is 12.3. The Labute approximate surface area is 456 Å². The van der Waals surface area contributed by atoms with E-state index in [9.17, 15) is 83.1 Å². The van der Waals surface area contributed by atoms with Crippen molar-refractivity contribution in [2.24, 2.45) is 35.1 Å². The quantitative estimate of drug-likeness (QED) is 0.0383. The highest BCUT2D eigenvalue weighted by Crippen LogP contribution is 2.16. The van der Waals surface area contributed by atoms with Crippen LogP contribution < -0.4 is 54.0 Å². The number of rotatable bonds is 33. The molecule has 79 heavy (non-hydrogen) atoms. The van der Waals surface area contributed by atoms with Gasteiger partial charge in [-0.15, -0.1) is 0 Å². The van der Waals surface area contributed by atoms with Gasteiger partial charge >= 0.3 is 17.9 Å². The molecule has 27 heteroatoms. The average molecular weight is 1110 g/mol. The third-order valence-corrected chi connectivity index (χ3v) is 12.2. The van der Waals surface area contributed by atoms with E-state index in [2.05, 4.69) is 42.5 Å². The van der Waals surface area contributed by atoms with Crippen molar-refractivity contribution in [1.29, 1.82) is 0 Å². The lowest BCUT2D eigenvalue weighted by Gasteiger charge is -2.29. The van der Waals surface area contributed by atoms with Crippen LogP contribution >= 0.6 is 0 Å². The minimum Gasteiger partial charge on any atom is -0.508 e. The van der Waals surface area contributed by atoms with Gasteiger partial charge in [-0.3, -0.25) is 52.7 Å². The van der Waals surface area contributed by atoms with Crippen molar-refractivity contribution in [3.63, 3.8) is 0 Å². The van der Waals surface area contributed by atoms with Crippen LogP contribution in [0.1, 0.15) is 98.6 Å². The van der Waals surface area contributed by atoms with E-state index in [1.54, 1.807) is 27.7 Å². The number of benzene rings is 2. The zero-order chi connectivity index (χ0) is 60.0. The van der Waals surface area contributed by atoms with Gasteiger partial charge in [0.05, 0.1) is 18.9 Å². The summed E-state index contributed by atoms with van der Waals surface area (Å²) in [5, 5.41) is 67.9. The molecule has 2 rings (SSSR count). The molecule has 0 aliphatic carbocycles. The second-order valence-corrected chi connectivity index (χ2v) is 20.5. The molecule has 27 nitrogen and oxygen atoms in total. The summed E-state index contributed by atoms with van der Waals surface area (Å²) in [6.07, 6.45) is -3.67. The Hall–Kier alpha value is -8.36. The van der Waals surface area contributed by atoms with E-state index in [0.717, 1.165) is 0 Å². The largest absolute Gasteiger partial charge is 0.508 e. The van der Waals surface area contributed by atoms with Gasteiger partial charge in [0.1, 0.15) is 59.8 Å². The molecular formula is C52H76N10O17. The number of amides is 9. The number of hydrogen-bond acceptors (Lipinski definition) is 15. The lowest BCUT2D eigenvalue weighted by Crippen LogP contribution is -2.61. The van der Waals surface area contributed by atoms with Crippen LogP contribution in [-0.4, -0.2) is 151 Å². The molecule has 2 aromatic rings. The van der Waals surface area contributed by atoms with E-state index in [4.69, 9.17) is 11.5 Å². The number of aliphatic carboxylic acids is 3. The number of nitrogens with two attached hydrogens (primary N) is 2. The SMILES string of the molecule is CC(C)CC(NC(=O)C(N)C(C)C)C(=O)NC(Cc1ccc(O)cc1)C(=O)NC(CCC(N)=O)C(=O)NC(Cc1ccc(O)cc1)C(=O)NC(C(=O)NC(CC(=O)O)C(=O)NC(CC(=O)O)C(=O)NC(C(=O)O)C(C)C)C(C)C. The van der Waals surface area contributed by atoms with E-state index in [1.165, 1.54) is 76.2 Å². The van der Waals surface area contributed by atoms with Crippen LogP contribution in [0.5, 0.6) is 11.5 Å². The molecule has 0 fully saturated rings. The zero-order valence-corrected chi connectivity index (χ0v) is 45.4. The molecule has 9 unspecified atom stereocenters. The van der Waals surface area contributed by atoms with Crippen LogP contribution in [0.15, 0.2) is 48.5 Å². The number of carbonyl (C=O) groups excluding carboxylic acids is 9. The third kappa shape index (κ3) is 23.4. The minimum absolute atomic E-state index is 0.110. The first-order valence-electron chi connectivity index (χ1n) is 25.5. The van der Waals surface area contributed by atoms with E-state index in [0.29, 0.717) is 11.1 Å². The lowest BCUT2D eigenvalue weighted by molar-refractivity contribution is -0.145. The van der Waals surface area contributed by atoms with Gasteiger partial charge in [0.25, 0.3) is 0 Å². The van der Waals surface area contributed by atoms with Gasteiger partial charge < -0.3 is 79.5 Å². The minimum atomic E-state index is -2.03. The van der Waals surface area contributed by atoms with Crippen LogP contribution in [0.3, 0.4) is 0 Å². The molecule has 17 N–H and O–H groups in total. The Balaban J connectivity index is 2.58. The van der Waals surface area contributed by atoms with E-state index in [-0.39, 0.29) is 42.6 Å². The highest BCUT2D eigenvalue weighted by molar-refractivity contribution is 5.99. The smallest absolute Gasteiger partial charge is 0.326 e. The Kier molecular flexibility index (Phi) is 26.8. The first-order valence-corrected chi connectivity index (χ1v) is 25.5. The summed E-state index contributed by atoms with van der Waals surface area (Å²) in [7, 11) is 0. The molecule has 436 valence electrons. The molecule has 0 aromatic heterocycles. The fourth-order valence-corrected chi connectivity index (χ4v) is 7.66. The molecule has 9 atom stereocenters. The summed E-state index contributed by atoms with van der Waals surface area (Å²) in [4.78, 5) is 159. The second-order valence-electron chi connectivity index (χ2n) is 20.5. The molecular weight excluding hydrogens is 1040 g/mol. The van der Waals surface area contributed by atoms with Crippen LogP contribution in [0.4, 0.5) is 0 Å². The number of aromatic hydroxyl groups is 2.